The van der Waals surface area contributed by atoms with Crippen molar-refractivity contribution in [2.45, 2.75) is 25.9 Å². The van der Waals surface area contributed by atoms with Gasteiger partial charge >= 0.3 is 0 Å². The average Bonchev–Trinajstić information content (AvgIpc) is 2.82. The summed E-state index contributed by atoms with van der Waals surface area (Å²) in [5.74, 6) is 0.574. The second-order valence-electron chi connectivity index (χ2n) is 3.87. The van der Waals surface area contributed by atoms with Crippen LogP contribution in [-0.2, 0) is 4.74 Å². The number of hydrogen-bond acceptors (Lipinski definition) is 5. The van der Waals surface area contributed by atoms with Crippen LogP contribution < -0.4 is 4.90 Å². The van der Waals surface area contributed by atoms with Crippen molar-refractivity contribution in [1.82, 2.24) is 15.2 Å². The van der Waals surface area contributed by atoms with Gasteiger partial charge in [-0.1, -0.05) is 11.6 Å². The molecule has 1 aliphatic rings. The smallest absolute Gasteiger partial charge is 0.245 e. The summed E-state index contributed by atoms with van der Waals surface area (Å²) in [7, 11) is 0. The van der Waals surface area contributed by atoms with Crippen LogP contribution in [0.2, 0.25) is 10.4 Å². The van der Waals surface area contributed by atoms with Gasteiger partial charge in [-0.2, -0.15) is 4.98 Å². The van der Waals surface area contributed by atoms with E-state index in [1.807, 2.05) is 11.8 Å². The quantitative estimate of drug-likeness (QED) is 0.844. The molecular weight excluding hydrogens is 263 g/mol. The fraction of sp³-hybridized carbons (Fsp3) is 0.700. The van der Waals surface area contributed by atoms with Gasteiger partial charge in [-0.3, -0.25) is 0 Å². The first-order chi connectivity index (χ1) is 8.20. The minimum absolute atomic E-state index is 0.107. The number of likely N-dealkylation sites (N-methyl/N-ethyl adjacent to an activating group) is 1. The van der Waals surface area contributed by atoms with E-state index in [1.165, 1.54) is 0 Å². The zero-order chi connectivity index (χ0) is 12.3. The van der Waals surface area contributed by atoms with Crippen molar-refractivity contribution >= 4 is 29.0 Å². The first kappa shape index (κ1) is 12.8. The van der Waals surface area contributed by atoms with Crippen molar-refractivity contribution < 1.29 is 4.74 Å². The molecule has 0 aromatic carbocycles. The molecule has 7 heteroatoms. The van der Waals surface area contributed by atoms with Gasteiger partial charge in [0.15, 0.2) is 11.0 Å². The van der Waals surface area contributed by atoms with Crippen molar-refractivity contribution in [2.75, 3.05) is 24.6 Å². The van der Waals surface area contributed by atoms with Crippen molar-refractivity contribution in [3.63, 3.8) is 0 Å². The first-order valence-corrected chi connectivity index (χ1v) is 6.38. The highest BCUT2D eigenvalue weighted by atomic mass is 35.5. The summed E-state index contributed by atoms with van der Waals surface area (Å²) >= 11 is 11.7. The third-order valence-electron chi connectivity index (χ3n) is 2.73. The Morgan fingerprint density at radius 2 is 2.24 bits per heavy atom. The van der Waals surface area contributed by atoms with Crippen LogP contribution in [0, 0.1) is 0 Å². The molecule has 1 unspecified atom stereocenters. The Balaban J connectivity index is 2.13. The van der Waals surface area contributed by atoms with Crippen molar-refractivity contribution in [2.24, 2.45) is 0 Å². The summed E-state index contributed by atoms with van der Waals surface area (Å²) in [6.45, 7) is 4.39. The van der Waals surface area contributed by atoms with E-state index in [4.69, 9.17) is 27.9 Å². The van der Waals surface area contributed by atoms with E-state index in [-0.39, 0.29) is 16.5 Å². The van der Waals surface area contributed by atoms with Gasteiger partial charge in [-0.25, -0.2) is 0 Å². The third kappa shape index (κ3) is 3.18. The molecule has 1 fully saturated rings. The number of nitrogens with zero attached hydrogens (tertiary/aromatic N) is 4. The molecule has 17 heavy (non-hydrogen) atoms. The van der Waals surface area contributed by atoms with Crippen LogP contribution in [0.5, 0.6) is 0 Å². The number of ether oxygens (including phenoxy) is 1. The van der Waals surface area contributed by atoms with Crippen LogP contribution in [0.15, 0.2) is 0 Å². The molecule has 1 aromatic rings. The average molecular weight is 277 g/mol. The van der Waals surface area contributed by atoms with Crippen LogP contribution in [0.3, 0.4) is 0 Å². The maximum Gasteiger partial charge on any atom is 0.245 e. The highest BCUT2D eigenvalue weighted by Crippen LogP contribution is 2.23. The van der Waals surface area contributed by atoms with Crippen molar-refractivity contribution in [3.8, 4) is 0 Å². The fourth-order valence-corrected chi connectivity index (χ4v) is 2.20. The molecule has 0 spiro atoms. The zero-order valence-electron chi connectivity index (χ0n) is 9.57. The normalized spacial score (nSPS) is 19.6. The summed E-state index contributed by atoms with van der Waals surface area (Å²) in [6.07, 6.45) is 2.42. The second kappa shape index (κ2) is 5.80. The molecular formula is C10H14Cl2N4O. The Bertz CT molecular complexity index is 385. The van der Waals surface area contributed by atoms with Gasteiger partial charge in [0.05, 0.1) is 6.10 Å². The van der Waals surface area contributed by atoms with E-state index >= 15 is 0 Å². The maximum absolute atomic E-state index is 5.98. The van der Waals surface area contributed by atoms with E-state index in [1.54, 1.807) is 0 Å². The molecule has 0 aliphatic carbocycles. The van der Waals surface area contributed by atoms with Gasteiger partial charge < -0.3 is 9.64 Å². The molecule has 1 aliphatic heterocycles. The predicted octanol–water partition coefficient (Wildman–Crippen LogP) is 2.18. The lowest BCUT2D eigenvalue weighted by molar-refractivity contribution is 0.115. The molecule has 1 atom stereocenters. The Kier molecular flexibility index (Phi) is 4.36. The Hall–Kier alpha value is -0.650. The lowest BCUT2D eigenvalue weighted by atomic mass is 10.2. The Morgan fingerprint density at radius 3 is 2.88 bits per heavy atom. The summed E-state index contributed by atoms with van der Waals surface area (Å²) < 4.78 is 5.60. The van der Waals surface area contributed by atoms with Crippen LogP contribution in [0.4, 0.5) is 5.82 Å². The zero-order valence-corrected chi connectivity index (χ0v) is 11.1. The monoisotopic (exact) mass is 276 g/mol. The van der Waals surface area contributed by atoms with E-state index < -0.39 is 0 Å². The summed E-state index contributed by atoms with van der Waals surface area (Å²) in [5.41, 5.74) is 0. The molecule has 2 rings (SSSR count). The highest BCUT2D eigenvalue weighted by molar-refractivity contribution is 6.32. The standard InChI is InChI=1S/C10H14Cl2N4O/c1-2-16(6-7-4-3-5-17-7)9-8(11)14-15-10(12)13-9/h7H,2-6H2,1H3. The minimum atomic E-state index is 0.107. The SMILES string of the molecule is CCN(CC1CCCO1)c1nc(Cl)nnc1Cl. The molecule has 2 heterocycles. The second-order valence-corrected chi connectivity index (χ2v) is 4.56. The van der Waals surface area contributed by atoms with Gasteiger partial charge in [0, 0.05) is 19.7 Å². The van der Waals surface area contributed by atoms with Gasteiger partial charge in [-0.15, -0.1) is 10.2 Å². The van der Waals surface area contributed by atoms with E-state index in [0.29, 0.717) is 5.82 Å². The van der Waals surface area contributed by atoms with Crippen molar-refractivity contribution in [1.29, 1.82) is 0 Å². The molecule has 0 amide bonds. The van der Waals surface area contributed by atoms with Gasteiger partial charge in [0.25, 0.3) is 0 Å². The molecule has 0 bridgehead atoms. The first-order valence-electron chi connectivity index (χ1n) is 5.63. The van der Waals surface area contributed by atoms with Crippen LogP contribution >= 0.6 is 23.2 Å². The van der Waals surface area contributed by atoms with E-state index in [2.05, 4.69) is 15.2 Å². The largest absolute Gasteiger partial charge is 0.376 e. The molecule has 5 nitrogen and oxygen atoms in total. The molecule has 94 valence electrons. The van der Waals surface area contributed by atoms with Crippen LogP contribution in [0.1, 0.15) is 19.8 Å². The van der Waals surface area contributed by atoms with Gasteiger partial charge in [0.2, 0.25) is 5.28 Å². The summed E-state index contributed by atoms with van der Waals surface area (Å²) in [6, 6.07) is 0. The van der Waals surface area contributed by atoms with E-state index in [9.17, 15) is 0 Å². The van der Waals surface area contributed by atoms with Gasteiger partial charge in [0.1, 0.15) is 0 Å². The fourth-order valence-electron chi connectivity index (χ4n) is 1.89. The minimum Gasteiger partial charge on any atom is -0.376 e. The highest BCUT2D eigenvalue weighted by Gasteiger charge is 2.21. The predicted molar refractivity (Wildman–Crippen MR) is 66.7 cm³/mol. The number of halogens is 2. The third-order valence-corrected chi connectivity index (χ3v) is 3.14. The molecule has 0 radical (unpaired) electrons. The lowest BCUT2D eigenvalue weighted by Crippen LogP contribution is -2.33. The van der Waals surface area contributed by atoms with Crippen LogP contribution in [0.25, 0.3) is 0 Å². The Morgan fingerprint density at radius 1 is 1.41 bits per heavy atom. The molecule has 0 N–H and O–H groups in total. The lowest BCUT2D eigenvalue weighted by Gasteiger charge is -2.24. The van der Waals surface area contributed by atoms with E-state index in [0.717, 1.165) is 32.5 Å². The number of hydrogen-bond donors (Lipinski definition) is 0. The summed E-state index contributed by atoms with van der Waals surface area (Å²) in [4.78, 5) is 6.13. The Labute approximate surface area is 110 Å². The van der Waals surface area contributed by atoms with Gasteiger partial charge in [-0.05, 0) is 31.4 Å². The topological polar surface area (TPSA) is 51.1 Å². The molecule has 1 saturated heterocycles. The van der Waals surface area contributed by atoms with Crippen molar-refractivity contribution in [3.05, 3.63) is 10.4 Å². The van der Waals surface area contributed by atoms with Crippen LogP contribution in [-0.4, -0.2) is 41.0 Å². The maximum atomic E-state index is 5.98. The number of rotatable bonds is 4. The number of aromatic nitrogens is 3. The molecule has 0 saturated carbocycles. The molecule has 1 aromatic heterocycles. The summed E-state index contributed by atoms with van der Waals surface area (Å²) in [5, 5.41) is 7.74. The number of anilines is 1.